The number of hydrogen-bond acceptors (Lipinski definition) is 6. The standard InChI is InChI=1S/C24H17BrN4O4/c1-33-18-10-9-13(12-14(18)25)21(30)19-20(17-8-4-5-11-26-17)29(23(32)22(19)31)24-27-15-6-2-3-7-16(15)28-24/h2-12,20,30H,1H3,(H,27,28)/b21-19+. The van der Waals surface area contributed by atoms with Crippen LogP contribution in [-0.4, -0.2) is 38.9 Å². The highest BCUT2D eigenvalue weighted by Gasteiger charge is 2.48. The maximum atomic E-state index is 13.2. The number of H-pyrrole nitrogens is 1. The summed E-state index contributed by atoms with van der Waals surface area (Å²) in [5.74, 6) is -1.18. The van der Waals surface area contributed by atoms with Crippen molar-refractivity contribution in [3.8, 4) is 5.75 Å². The first-order valence-corrected chi connectivity index (χ1v) is 10.8. The number of carbonyl (C=O) groups is 2. The van der Waals surface area contributed by atoms with E-state index in [0.29, 0.717) is 32.5 Å². The minimum absolute atomic E-state index is 0.0729. The molecule has 33 heavy (non-hydrogen) atoms. The fourth-order valence-electron chi connectivity index (χ4n) is 3.89. The molecule has 4 aromatic rings. The predicted molar refractivity (Wildman–Crippen MR) is 126 cm³/mol. The van der Waals surface area contributed by atoms with Crippen LogP contribution in [0.1, 0.15) is 17.3 Å². The first-order chi connectivity index (χ1) is 16.0. The van der Waals surface area contributed by atoms with Gasteiger partial charge in [0, 0.05) is 11.8 Å². The van der Waals surface area contributed by atoms with Gasteiger partial charge in [-0.25, -0.2) is 4.98 Å². The zero-order chi connectivity index (χ0) is 23.1. The van der Waals surface area contributed by atoms with Crippen molar-refractivity contribution >= 4 is 50.4 Å². The SMILES string of the molecule is COc1ccc(/C(O)=C2\C(=O)C(=O)N(c3nc4ccccc4[nH]3)C2c2ccccn2)cc1Br. The van der Waals surface area contributed by atoms with Crippen molar-refractivity contribution in [2.24, 2.45) is 0 Å². The first kappa shape index (κ1) is 20.9. The van der Waals surface area contributed by atoms with E-state index >= 15 is 0 Å². The molecule has 3 heterocycles. The molecular formula is C24H17BrN4O4. The molecule has 0 radical (unpaired) electrons. The highest BCUT2D eigenvalue weighted by atomic mass is 79.9. The number of hydrogen-bond donors (Lipinski definition) is 2. The molecule has 0 saturated carbocycles. The average Bonchev–Trinajstić information content (AvgIpc) is 3.37. The van der Waals surface area contributed by atoms with E-state index in [9.17, 15) is 14.7 Å². The molecule has 2 aromatic heterocycles. The number of aromatic nitrogens is 3. The van der Waals surface area contributed by atoms with E-state index < -0.39 is 17.7 Å². The van der Waals surface area contributed by atoms with E-state index in [0.717, 1.165) is 0 Å². The maximum absolute atomic E-state index is 13.2. The molecule has 5 rings (SSSR count). The second-order valence-electron chi connectivity index (χ2n) is 7.35. The minimum Gasteiger partial charge on any atom is -0.507 e. The smallest absolute Gasteiger partial charge is 0.302 e. The van der Waals surface area contributed by atoms with Gasteiger partial charge in [0.1, 0.15) is 17.6 Å². The Balaban J connectivity index is 1.72. The quantitative estimate of drug-likeness (QED) is 0.243. The number of ketones is 1. The van der Waals surface area contributed by atoms with Gasteiger partial charge in [0.25, 0.3) is 5.78 Å². The predicted octanol–water partition coefficient (Wildman–Crippen LogP) is 4.36. The number of nitrogens with zero attached hydrogens (tertiary/aromatic N) is 3. The molecule has 164 valence electrons. The number of imidazole rings is 1. The Hall–Kier alpha value is -3.98. The van der Waals surface area contributed by atoms with Crippen molar-refractivity contribution in [3.05, 3.63) is 88.2 Å². The van der Waals surface area contributed by atoms with Crippen LogP contribution in [0.3, 0.4) is 0 Å². The van der Waals surface area contributed by atoms with Crippen LogP contribution in [0.15, 0.2) is 76.9 Å². The Labute approximate surface area is 196 Å². The number of amides is 1. The number of aliphatic hydroxyl groups is 1. The number of halogens is 1. The zero-order valence-corrected chi connectivity index (χ0v) is 18.9. The van der Waals surface area contributed by atoms with Gasteiger partial charge in [-0.15, -0.1) is 0 Å². The molecule has 1 fully saturated rings. The summed E-state index contributed by atoms with van der Waals surface area (Å²) in [6.07, 6.45) is 1.57. The number of pyridine rings is 1. The van der Waals surface area contributed by atoms with Crippen molar-refractivity contribution in [1.82, 2.24) is 15.0 Å². The lowest BCUT2D eigenvalue weighted by molar-refractivity contribution is -0.132. The molecule has 0 spiro atoms. The lowest BCUT2D eigenvalue weighted by Crippen LogP contribution is -2.30. The van der Waals surface area contributed by atoms with Crippen molar-refractivity contribution < 1.29 is 19.4 Å². The molecule has 9 heteroatoms. The molecule has 0 aliphatic carbocycles. The number of fused-ring (bicyclic) bond motifs is 1. The summed E-state index contributed by atoms with van der Waals surface area (Å²) >= 11 is 3.39. The lowest BCUT2D eigenvalue weighted by Gasteiger charge is -2.22. The monoisotopic (exact) mass is 504 g/mol. The number of aliphatic hydroxyl groups excluding tert-OH is 1. The van der Waals surface area contributed by atoms with Crippen LogP contribution >= 0.6 is 15.9 Å². The zero-order valence-electron chi connectivity index (χ0n) is 17.3. The van der Waals surface area contributed by atoms with Gasteiger partial charge in [0.2, 0.25) is 5.95 Å². The summed E-state index contributed by atoms with van der Waals surface area (Å²) in [5, 5.41) is 11.2. The Morgan fingerprint density at radius 3 is 2.61 bits per heavy atom. The number of methoxy groups -OCH3 is 1. The van der Waals surface area contributed by atoms with Crippen molar-refractivity contribution in [2.75, 3.05) is 12.0 Å². The lowest BCUT2D eigenvalue weighted by atomic mass is 9.98. The van der Waals surface area contributed by atoms with Gasteiger partial charge in [-0.1, -0.05) is 18.2 Å². The van der Waals surface area contributed by atoms with E-state index in [1.165, 1.54) is 12.0 Å². The third-order valence-corrected chi connectivity index (χ3v) is 6.06. The normalized spacial score (nSPS) is 17.6. The Bertz CT molecular complexity index is 1400. The number of benzene rings is 2. The Morgan fingerprint density at radius 2 is 1.91 bits per heavy atom. The van der Waals surface area contributed by atoms with Crippen LogP contribution in [0.5, 0.6) is 5.75 Å². The second-order valence-corrected chi connectivity index (χ2v) is 8.20. The highest BCUT2D eigenvalue weighted by Crippen LogP contribution is 2.41. The molecule has 1 atom stereocenters. The summed E-state index contributed by atoms with van der Waals surface area (Å²) in [5.41, 5.74) is 2.07. The molecule has 1 aliphatic rings. The van der Waals surface area contributed by atoms with E-state index in [-0.39, 0.29) is 17.3 Å². The van der Waals surface area contributed by atoms with Gasteiger partial charge in [0.15, 0.2) is 0 Å². The first-order valence-electron chi connectivity index (χ1n) is 10.00. The molecule has 1 saturated heterocycles. The number of rotatable bonds is 4. The van der Waals surface area contributed by atoms with E-state index in [2.05, 4.69) is 30.9 Å². The van der Waals surface area contributed by atoms with Crippen LogP contribution in [0.25, 0.3) is 16.8 Å². The number of anilines is 1. The van der Waals surface area contributed by atoms with E-state index in [1.807, 2.05) is 18.2 Å². The number of carbonyl (C=O) groups excluding carboxylic acids is 2. The molecular weight excluding hydrogens is 488 g/mol. The molecule has 0 bridgehead atoms. The minimum atomic E-state index is -0.965. The number of para-hydroxylation sites is 2. The second kappa shape index (κ2) is 8.18. The fraction of sp³-hybridized carbons (Fsp3) is 0.0833. The van der Waals surface area contributed by atoms with Gasteiger partial charge in [-0.05, 0) is 58.4 Å². The molecule has 1 unspecified atom stereocenters. The molecule has 1 amide bonds. The third kappa shape index (κ3) is 3.46. The largest absolute Gasteiger partial charge is 0.507 e. The summed E-state index contributed by atoms with van der Waals surface area (Å²) in [6.45, 7) is 0. The average molecular weight is 505 g/mol. The Morgan fingerprint density at radius 1 is 1.12 bits per heavy atom. The fourth-order valence-corrected chi connectivity index (χ4v) is 4.43. The topological polar surface area (TPSA) is 108 Å². The van der Waals surface area contributed by atoms with Crippen LogP contribution in [0.2, 0.25) is 0 Å². The highest BCUT2D eigenvalue weighted by molar-refractivity contribution is 9.10. The van der Waals surface area contributed by atoms with Crippen LogP contribution in [-0.2, 0) is 9.59 Å². The van der Waals surface area contributed by atoms with Crippen molar-refractivity contribution in [3.63, 3.8) is 0 Å². The van der Waals surface area contributed by atoms with Gasteiger partial charge in [0.05, 0.1) is 33.9 Å². The molecule has 1 aliphatic heterocycles. The number of Topliss-reactive ketones (excluding diaryl/α,β-unsaturated/α-hetero) is 1. The summed E-state index contributed by atoms with van der Waals surface area (Å²) in [4.78, 5) is 39.6. The Kier molecular flexibility index (Phi) is 5.18. The van der Waals surface area contributed by atoms with Crippen LogP contribution in [0.4, 0.5) is 5.95 Å². The summed E-state index contributed by atoms with van der Waals surface area (Å²) in [7, 11) is 1.53. The van der Waals surface area contributed by atoms with Gasteiger partial charge in [-0.3, -0.25) is 19.5 Å². The van der Waals surface area contributed by atoms with Crippen molar-refractivity contribution in [1.29, 1.82) is 0 Å². The number of ether oxygens (including phenoxy) is 1. The van der Waals surface area contributed by atoms with E-state index in [1.54, 1.807) is 48.7 Å². The van der Waals surface area contributed by atoms with Gasteiger partial charge in [-0.2, -0.15) is 0 Å². The van der Waals surface area contributed by atoms with E-state index in [4.69, 9.17) is 4.74 Å². The molecule has 2 aromatic carbocycles. The summed E-state index contributed by atoms with van der Waals surface area (Å²) in [6, 6.07) is 16.4. The molecule has 8 nitrogen and oxygen atoms in total. The van der Waals surface area contributed by atoms with Gasteiger partial charge >= 0.3 is 5.91 Å². The van der Waals surface area contributed by atoms with Crippen LogP contribution in [0, 0.1) is 0 Å². The molecule has 2 N–H and O–H groups in total. The summed E-state index contributed by atoms with van der Waals surface area (Å²) < 4.78 is 5.83. The van der Waals surface area contributed by atoms with Crippen LogP contribution < -0.4 is 9.64 Å². The van der Waals surface area contributed by atoms with Gasteiger partial charge < -0.3 is 14.8 Å². The maximum Gasteiger partial charge on any atom is 0.302 e. The number of nitrogens with one attached hydrogen (secondary N) is 1. The van der Waals surface area contributed by atoms with Crippen molar-refractivity contribution in [2.45, 2.75) is 6.04 Å². The number of aromatic amines is 1. The third-order valence-electron chi connectivity index (χ3n) is 5.44.